The van der Waals surface area contributed by atoms with E-state index < -0.39 is 5.97 Å². The molecule has 0 bridgehead atoms. The standard InChI is InChI=1S/C20H35N3O2.Na/c24-20(25)14-12-10-8-6-4-2-1-3-5-7-9-11-13-16-21-18-19-15-17-22-23-19;/h15,17-18H,1-14,16H2,(H,22,23)(H,24,25);/q;+1. The normalized spacial score (nSPS) is 10.9. The molecular formula is C20H35N3NaO2+. The molecule has 1 aromatic heterocycles. The van der Waals surface area contributed by atoms with Gasteiger partial charge in [0, 0.05) is 25.4 Å². The second kappa shape index (κ2) is 19.1. The number of carboxylic acids is 1. The molecule has 0 aliphatic rings. The molecule has 0 aromatic carbocycles. The van der Waals surface area contributed by atoms with Crippen molar-refractivity contribution in [2.24, 2.45) is 4.99 Å². The van der Waals surface area contributed by atoms with E-state index in [9.17, 15) is 4.79 Å². The Bertz CT molecular complexity index is 450. The Labute approximate surface area is 180 Å². The van der Waals surface area contributed by atoms with Crippen LogP contribution in [0.1, 0.15) is 95.6 Å². The molecule has 1 rings (SSSR count). The minimum absolute atomic E-state index is 0. The van der Waals surface area contributed by atoms with Gasteiger partial charge in [-0.3, -0.25) is 14.9 Å². The van der Waals surface area contributed by atoms with Gasteiger partial charge in [-0.25, -0.2) is 0 Å². The van der Waals surface area contributed by atoms with Crippen LogP contribution in [0.5, 0.6) is 0 Å². The molecule has 0 radical (unpaired) electrons. The summed E-state index contributed by atoms with van der Waals surface area (Å²) >= 11 is 0. The molecule has 2 N–H and O–H groups in total. The molecule has 0 saturated heterocycles. The third kappa shape index (κ3) is 16.8. The predicted octanol–water partition coefficient (Wildman–Crippen LogP) is 2.38. The summed E-state index contributed by atoms with van der Waals surface area (Å²) in [6, 6.07) is 1.92. The third-order valence-corrected chi connectivity index (χ3v) is 4.43. The number of aliphatic carboxylic acids is 1. The molecule has 0 aliphatic heterocycles. The first-order valence-corrected chi connectivity index (χ1v) is 10.00. The summed E-state index contributed by atoms with van der Waals surface area (Å²) in [6.07, 6.45) is 20.1. The van der Waals surface area contributed by atoms with Crippen LogP contribution in [0.2, 0.25) is 0 Å². The number of H-pyrrole nitrogens is 1. The maximum absolute atomic E-state index is 10.4. The van der Waals surface area contributed by atoms with Gasteiger partial charge in [-0.05, 0) is 18.9 Å². The Morgan fingerprint density at radius 2 is 1.42 bits per heavy atom. The molecular weight excluding hydrogens is 337 g/mol. The van der Waals surface area contributed by atoms with E-state index in [4.69, 9.17) is 5.11 Å². The second-order valence-electron chi connectivity index (χ2n) is 6.79. The van der Waals surface area contributed by atoms with Crippen molar-refractivity contribution >= 4 is 12.2 Å². The quantitative estimate of drug-likeness (QED) is 0.250. The van der Waals surface area contributed by atoms with Crippen LogP contribution in [0, 0.1) is 0 Å². The third-order valence-electron chi connectivity index (χ3n) is 4.43. The second-order valence-corrected chi connectivity index (χ2v) is 6.79. The molecule has 0 spiro atoms. The van der Waals surface area contributed by atoms with Crippen molar-refractivity contribution in [1.82, 2.24) is 10.2 Å². The van der Waals surface area contributed by atoms with Gasteiger partial charge in [-0.1, -0.05) is 70.6 Å². The number of unbranched alkanes of at least 4 members (excludes halogenated alkanes) is 12. The Morgan fingerprint density at radius 1 is 0.923 bits per heavy atom. The number of carbonyl (C=O) groups is 1. The summed E-state index contributed by atoms with van der Waals surface area (Å²) in [5, 5.41) is 15.3. The van der Waals surface area contributed by atoms with Crippen LogP contribution in [0.4, 0.5) is 0 Å². The van der Waals surface area contributed by atoms with Gasteiger partial charge in [-0.15, -0.1) is 0 Å². The molecule has 6 heteroatoms. The first kappa shape index (κ1) is 25.4. The van der Waals surface area contributed by atoms with Gasteiger partial charge in [0.2, 0.25) is 0 Å². The largest absolute Gasteiger partial charge is 1.00 e. The minimum atomic E-state index is -0.665. The average Bonchev–Trinajstić information content (AvgIpc) is 3.11. The van der Waals surface area contributed by atoms with Crippen molar-refractivity contribution in [3.63, 3.8) is 0 Å². The number of hydrogen-bond acceptors (Lipinski definition) is 3. The summed E-state index contributed by atoms with van der Waals surface area (Å²) in [4.78, 5) is 14.8. The fraction of sp³-hybridized carbons (Fsp3) is 0.750. The summed E-state index contributed by atoms with van der Waals surface area (Å²) in [6.45, 7) is 0.908. The zero-order chi connectivity index (χ0) is 18.0. The van der Waals surface area contributed by atoms with E-state index >= 15 is 0 Å². The molecule has 0 saturated carbocycles. The Hall–Kier alpha value is -0.650. The SMILES string of the molecule is O=C(O)CCCCCCCCCCCCCCCN=Cc1ccn[nH]1.[Na+]. The summed E-state index contributed by atoms with van der Waals surface area (Å²) in [7, 11) is 0. The Kier molecular flexibility index (Phi) is 18.6. The van der Waals surface area contributed by atoms with Crippen LogP contribution >= 0.6 is 0 Å². The maximum atomic E-state index is 10.4. The summed E-state index contributed by atoms with van der Waals surface area (Å²) in [5.74, 6) is -0.665. The zero-order valence-electron chi connectivity index (χ0n) is 16.6. The van der Waals surface area contributed by atoms with E-state index in [1.54, 1.807) is 6.20 Å². The number of nitrogens with one attached hydrogen (secondary N) is 1. The minimum Gasteiger partial charge on any atom is -0.481 e. The van der Waals surface area contributed by atoms with Crippen LogP contribution in [-0.2, 0) is 4.79 Å². The summed E-state index contributed by atoms with van der Waals surface area (Å²) < 4.78 is 0. The van der Waals surface area contributed by atoms with Gasteiger partial charge in [0.1, 0.15) is 0 Å². The van der Waals surface area contributed by atoms with E-state index in [2.05, 4.69) is 15.2 Å². The molecule has 0 aliphatic carbocycles. The van der Waals surface area contributed by atoms with Gasteiger partial charge >= 0.3 is 35.5 Å². The van der Waals surface area contributed by atoms with Crippen molar-refractivity contribution in [1.29, 1.82) is 0 Å². The number of aliphatic imine (C=N–C) groups is 1. The van der Waals surface area contributed by atoms with E-state index in [1.165, 1.54) is 70.6 Å². The maximum Gasteiger partial charge on any atom is 1.00 e. The van der Waals surface area contributed by atoms with Crippen LogP contribution < -0.4 is 29.6 Å². The number of carboxylic acid groups (broad SMARTS) is 1. The first-order valence-electron chi connectivity index (χ1n) is 10.00. The number of rotatable bonds is 17. The van der Waals surface area contributed by atoms with Gasteiger partial charge < -0.3 is 5.11 Å². The zero-order valence-corrected chi connectivity index (χ0v) is 18.6. The van der Waals surface area contributed by atoms with E-state index in [-0.39, 0.29) is 29.6 Å². The molecule has 0 fully saturated rings. The predicted molar refractivity (Wildman–Crippen MR) is 103 cm³/mol. The smallest absolute Gasteiger partial charge is 0.481 e. The Morgan fingerprint density at radius 3 is 1.88 bits per heavy atom. The molecule has 0 amide bonds. The van der Waals surface area contributed by atoms with E-state index in [0.717, 1.165) is 25.1 Å². The van der Waals surface area contributed by atoms with Crippen molar-refractivity contribution in [3.05, 3.63) is 18.0 Å². The van der Waals surface area contributed by atoms with E-state index in [0.29, 0.717) is 6.42 Å². The first-order chi connectivity index (χ1) is 12.3. The van der Waals surface area contributed by atoms with Crippen molar-refractivity contribution in [2.75, 3.05) is 6.54 Å². The van der Waals surface area contributed by atoms with Crippen LogP contribution in [0.15, 0.2) is 17.3 Å². The number of hydrogen-bond donors (Lipinski definition) is 2. The number of aromatic nitrogens is 2. The number of aromatic amines is 1. The molecule has 1 heterocycles. The fourth-order valence-electron chi connectivity index (χ4n) is 2.93. The van der Waals surface area contributed by atoms with Gasteiger partial charge in [0.25, 0.3) is 0 Å². The molecule has 0 atom stereocenters. The Balaban J connectivity index is 0.00000625. The van der Waals surface area contributed by atoms with Crippen molar-refractivity contribution < 1.29 is 39.5 Å². The van der Waals surface area contributed by atoms with E-state index in [1.807, 2.05) is 12.3 Å². The van der Waals surface area contributed by atoms with Gasteiger partial charge in [0.15, 0.2) is 0 Å². The molecule has 142 valence electrons. The van der Waals surface area contributed by atoms with Crippen LogP contribution in [-0.4, -0.2) is 34.0 Å². The van der Waals surface area contributed by atoms with Crippen LogP contribution in [0.25, 0.3) is 0 Å². The monoisotopic (exact) mass is 372 g/mol. The summed E-state index contributed by atoms with van der Waals surface area (Å²) in [5.41, 5.74) is 0.972. The van der Waals surface area contributed by atoms with Gasteiger partial charge in [0.05, 0.1) is 5.69 Å². The van der Waals surface area contributed by atoms with Crippen molar-refractivity contribution in [2.45, 2.75) is 89.9 Å². The van der Waals surface area contributed by atoms with Crippen molar-refractivity contribution in [3.8, 4) is 0 Å². The fourth-order valence-corrected chi connectivity index (χ4v) is 2.93. The molecule has 5 nitrogen and oxygen atoms in total. The molecule has 26 heavy (non-hydrogen) atoms. The molecule has 0 unspecified atom stereocenters. The van der Waals surface area contributed by atoms with Gasteiger partial charge in [-0.2, -0.15) is 5.10 Å². The molecule has 1 aromatic rings. The van der Waals surface area contributed by atoms with Crippen LogP contribution in [0.3, 0.4) is 0 Å². The topological polar surface area (TPSA) is 78.3 Å². The number of nitrogens with zero attached hydrogens (tertiary/aromatic N) is 2. The average molecular weight is 373 g/mol.